The van der Waals surface area contributed by atoms with Crippen LogP contribution in [0.25, 0.3) is 16.6 Å². The first-order chi connectivity index (χ1) is 15.5. The highest BCUT2D eigenvalue weighted by Gasteiger charge is 2.21. The Morgan fingerprint density at radius 1 is 1.09 bits per heavy atom. The lowest BCUT2D eigenvalue weighted by molar-refractivity contribution is -0.122. The molecule has 0 aliphatic carbocycles. The van der Waals surface area contributed by atoms with Crippen molar-refractivity contribution in [3.8, 4) is 0 Å². The minimum Gasteiger partial charge on any atom is -0.344 e. The summed E-state index contributed by atoms with van der Waals surface area (Å²) in [6.45, 7) is 1.76. The Balaban J connectivity index is 1.68. The van der Waals surface area contributed by atoms with Crippen molar-refractivity contribution in [3.63, 3.8) is 0 Å². The molecule has 9 nitrogen and oxygen atoms in total. The van der Waals surface area contributed by atoms with Crippen molar-refractivity contribution in [1.29, 1.82) is 0 Å². The lowest BCUT2D eigenvalue weighted by atomic mass is 10.2. The summed E-state index contributed by atoms with van der Waals surface area (Å²) in [7, 11) is 0. The molecule has 1 unspecified atom stereocenters. The number of hydrogen-bond acceptors (Lipinski definition) is 6. The Morgan fingerprint density at radius 3 is 2.66 bits per heavy atom. The van der Waals surface area contributed by atoms with Gasteiger partial charge in [-0.25, -0.2) is 4.79 Å². The number of aromatic nitrogens is 5. The van der Waals surface area contributed by atoms with Gasteiger partial charge in [0.15, 0.2) is 11.5 Å². The summed E-state index contributed by atoms with van der Waals surface area (Å²) in [5.74, 6) is 1.12. The zero-order chi connectivity index (χ0) is 22.7. The maximum Gasteiger partial charge on any atom is 0.331 e. The average Bonchev–Trinajstić information content (AvgIpc) is 3.24. The molecule has 1 atom stereocenters. The number of nitrogens with zero attached hydrogens (tertiary/aromatic N) is 5. The third-order valence-corrected chi connectivity index (χ3v) is 5.99. The molecule has 10 heteroatoms. The minimum atomic E-state index is -0.500. The van der Waals surface area contributed by atoms with Crippen molar-refractivity contribution < 1.29 is 4.79 Å². The summed E-state index contributed by atoms with van der Waals surface area (Å²) in [6.07, 6.45) is 4.52. The fourth-order valence-electron chi connectivity index (χ4n) is 3.79. The standard InChI is InChI=1S/C22H24N6O3S/c1-3-26-21(30)15-8-4-5-9-17(15)28(22(26)31)14-19(29)23-16(11-13-32-2)20-25-24-18-10-6-7-12-27(18)20/h4-10,12,16H,3,11,13-14H2,1-2H3,(H,23,29). The predicted molar refractivity (Wildman–Crippen MR) is 125 cm³/mol. The van der Waals surface area contributed by atoms with Crippen LogP contribution in [0.5, 0.6) is 0 Å². The summed E-state index contributed by atoms with van der Waals surface area (Å²) < 4.78 is 4.35. The van der Waals surface area contributed by atoms with Crippen LogP contribution in [0, 0.1) is 0 Å². The van der Waals surface area contributed by atoms with Gasteiger partial charge >= 0.3 is 5.69 Å². The number of hydrogen-bond donors (Lipinski definition) is 1. The van der Waals surface area contributed by atoms with Crippen LogP contribution >= 0.6 is 11.8 Å². The molecule has 0 spiro atoms. The Bertz CT molecular complexity index is 1390. The number of benzene rings is 1. The topological polar surface area (TPSA) is 103 Å². The molecule has 3 aromatic heterocycles. The molecule has 0 bridgehead atoms. The zero-order valence-corrected chi connectivity index (χ0v) is 18.7. The normalized spacial score (nSPS) is 12.3. The molecule has 0 radical (unpaired) electrons. The van der Waals surface area contributed by atoms with E-state index >= 15 is 0 Å². The number of carbonyl (C=O) groups is 1. The first-order valence-electron chi connectivity index (χ1n) is 10.4. The first-order valence-corrected chi connectivity index (χ1v) is 11.7. The fourth-order valence-corrected chi connectivity index (χ4v) is 4.26. The Labute approximate surface area is 188 Å². The summed E-state index contributed by atoms with van der Waals surface area (Å²) in [4.78, 5) is 38.6. The monoisotopic (exact) mass is 452 g/mol. The van der Waals surface area contributed by atoms with E-state index in [1.807, 2.05) is 35.1 Å². The minimum absolute atomic E-state index is 0.202. The number of carbonyl (C=O) groups excluding carboxylic acids is 1. The van der Waals surface area contributed by atoms with Gasteiger partial charge in [0.2, 0.25) is 5.91 Å². The Kier molecular flexibility index (Phi) is 6.40. The summed E-state index contributed by atoms with van der Waals surface area (Å²) in [5, 5.41) is 11.9. The number of rotatable bonds is 8. The van der Waals surface area contributed by atoms with E-state index in [4.69, 9.17) is 0 Å². The lowest BCUT2D eigenvalue weighted by Gasteiger charge is -2.18. The maximum atomic E-state index is 13.1. The number of fused-ring (bicyclic) bond motifs is 2. The molecule has 3 heterocycles. The van der Waals surface area contributed by atoms with Gasteiger partial charge < -0.3 is 5.32 Å². The number of nitrogens with one attached hydrogen (secondary N) is 1. The third-order valence-electron chi connectivity index (χ3n) is 5.35. The number of amides is 1. The van der Waals surface area contributed by atoms with Gasteiger partial charge in [0.25, 0.3) is 5.56 Å². The molecule has 0 fully saturated rings. The van der Waals surface area contributed by atoms with Crippen LogP contribution in [-0.2, 0) is 17.9 Å². The van der Waals surface area contributed by atoms with Crippen molar-refractivity contribution in [2.24, 2.45) is 0 Å². The van der Waals surface area contributed by atoms with E-state index in [0.717, 1.165) is 10.3 Å². The highest BCUT2D eigenvalue weighted by Crippen LogP contribution is 2.18. The number of para-hydroxylation sites is 1. The van der Waals surface area contributed by atoms with E-state index in [1.54, 1.807) is 43.0 Å². The zero-order valence-electron chi connectivity index (χ0n) is 17.9. The molecule has 4 rings (SSSR count). The number of pyridine rings is 1. The summed E-state index contributed by atoms with van der Waals surface area (Å²) in [6, 6.07) is 12.1. The van der Waals surface area contributed by atoms with Crippen molar-refractivity contribution in [2.75, 3.05) is 12.0 Å². The van der Waals surface area contributed by atoms with Gasteiger partial charge in [0.05, 0.1) is 16.9 Å². The predicted octanol–water partition coefficient (Wildman–Crippen LogP) is 1.84. The molecule has 0 saturated carbocycles. The van der Waals surface area contributed by atoms with Gasteiger partial charge in [-0.2, -0.15) is 11.8 Å². The molecular weight excluding hydrogens is 428 g/mol. The number of thioether (sulfide) groups is 1. The van der Waals surface area contributed by atoms with Crippen LogP contribution in [0.4, 0.5) is 0 Å². The summed E-state index contributed by atoms with van der Waals surface area (Å²) >= 11 is 1.67. The molecule has 4 aromatic rings. The maximum absolute atomic E-state index is 13.1. The quantitative estimate of drug-likeness (QED) is 0.438. The molecule has 0 aliphatic rings. The molecule has 0 aliphatic heterocycles. The van der Waals surface area contributed by atoms with E-state index in [-0.39, 0.29) is 30.6 Å². The van der Waals surface area contributed by atoms with Crippen molar-refractivity contribution in [1.82, 2.24) is 29.0 Å². The van der Waals surface area contributed by atoms with E-state index in [9.17, 15) is 14.4 Å². The Hall–Kier alpha value is -3.40. The second-order valence-electron chi connectivity index (χ2n) is 7.32. The van der Waals surface area contributed by atoms with Gasteiger partial charge in [-0.05, 0) is 49.6 Å². The Morgan fingerprint density at radius 2 is 1.88 bits per heavy atom. The van der Waals surface area contributed by atoms with E-state index in [0.29, 0.717) is 28.8 Å². The highest BCUT2D eigenvalue weighted by atomic mass is 32.2. The SMILES string of the molecule is CCn1c(=O)c2ccccc2n(CC(=O)NC(CCSC)c2nnc3ccccn23)c1=O. The van der Waals surface area contributed by atoms with Gasteiger partial charge in [-0.1, -0.05) is 18.2 Å². The van der Waals surface area contributed by atoms with Crippen LogP contribution in [-0.4, -0.2) is 41.6 Å². The average molecular weight is 453 g/mol. The third kappa shape index (κ3) is 4.05. The second kappa shape index (κ2) is 9.39. The molecule has 32 heavy (non-hydrogen) atoms. The van der Waals surface area contributed by atoms with Gasteiger partial charge in [-0.15, -0.1) is 10.2 Å². The van der Waals surface area contributed by atoms with E-state index < -0.39 is 5.69 Å². The van der Waals surface area contributed by atoms with Gasteiger partial charge in [0.1, 0.15) is 6.54 Å². The smallest absolute Gasteiger partial charge is 0.331 e. The van der Waals surface area contributed by atoms with E-state index in [2.05, 4.69) is 15.5 Å². The summed E-state index contributed by atoms with van der Waals surface area (Å²) in [5.41, 5.74) is 0.288. The molecule has 1 N–H and O–H groups in total. The van der Waals surface area contributed by atoms with Crippen molar-refractivity contribution >= 4 is 34.2 Å². The fraction of sp³-hybridized carbons (Fsp3) is 0.318. The van der Waals surface area contributed by atoms with Crippen LogP contribution in [0.15, 0.2) is 58.3 Å². The van der Waals surface area contributed by atoms with Crippen LogP contribution in [0.2, 0.25) is 0 Å². The first kappa shape index (κ1) is 21.8. The van der Waals surface area contributed by atoms with Crippen LogP contribution in [0.1, 0.15) is 25.2 Å². The van der Waals surface area contributed by atoms with Gasteiger partial charge in [0, 0.05) is 12.7 Å². The molecule has 0 saturated heterocycles. The molecule has 1 aromatic carbocycles. The van der Waals surface area contributed by atoms with Crippen molar-refractivity contribution in [3.05, 3.63) is 75.3 Å². The van der Waals surface area contributed by atoms with Gasteiger partial charge in [-0.3, -0.25) is 23.1 Å². The molecule has 166 valence electrons. The second-order valence-corrected chi connectivity index (χ2v) is 8.31. The van der Waals surface area contributed by atoms with Crippen LogP contribution < -0.4 is 16.6 Å². The largest absolute Gasteiger partial charge is 0.344 e. The van der Waals surface area contributed by atoms with E-state index in [1.165, 1.54) is 4.57 Å². The molecular formula is C22H24N6O3S. The lowest BCUT2D eigenvalue weighted by Crippen LogP contribution is -2.43. The highest BCUT2D eigenvalue weighted by molar-refractivity contribution is 7.98. The van der Waals surface area contributed by atoms with Crippen LogP contribution in [0.3, 0.4) is 0 Å². The van der Waals surface area contributed by atoms with Crippen molar-refractivity contribution in [2.45, 2.75) is 32.5 Å². The molecule has 1 amide bonds.